The van der Waals surface area contributed by atoms with E-state index in [-0.39, 0.29) is 19.4 Å². The van der Waals surface area contributed by atoms with Gasteiger partial charge in [0, 0.05) is 6.54 Å². The lowest BCUT2D eigenvalue weighted by Crippen LogP contribution is -2.50. The zero-order valence-electron chi connectivity index (χ0n) is 13.4. The van der Waals surface area contributed by atoms with E-state index >= 15 is 0 Å². The van der Waals surface area contributed by atoms with Crippen molar-refractivity contribution in [3.8, 4) is 0 Å². The molecule has 2 bridgehead atoms. The van der Waals surface area contributed by atoms with Gasteiger partial charge >= 0.3 is 16.4 Å². The van der Waals surface area contributed by atoms with Gasteiger partial charge in [0.05, 0.1) is 18.3 Å². The summed E-state index contributed by atoms with van der Waals surface area (Å²) in [5.41, 5.74) is 0. The molecule has 0 aliphatic carbocycles. The number of halogens is 1. The monoisotopic (exact) mass is 423 g/mol. The summed E-state index contributed by atoms with van der Waals surface area (Å²) < 4.78 is 74.1. The molecule has 2 saturated heterocycles. The summed E-state index contributed by atoms with van der Waals surface area (Å²) in [6.45, 7) is -0.0159. The number of urea groups is 1. The average molecular weight is 423 g/mol. The van der Waals surface area contributed by atoms with E-state index in [2.05, 4.69) is 9.27 Å². The number of carbonyl (C=O) groups excluding carboxylic acids is 1. The van der Waals surface area contributed by atoms with Crippen LogP contribution in [0.2, 0.25) is 0 Å². The normalized spacial score (nSPS) is 22.8. The number of sulfonamides is 1. The topological polar surface area (TPSA) is 170 Å². The summed E-state index contributed by atoms with van der Waals surface area (Å²) in [6, 6.07) is -0.767. The Labute approximate surface area is 153 Å². The van der Waals surface area contributed by atoms with Crippen LogP contribution in [0.1, 0.15) is 12.8 Å². The molecular formula is C12H14FN5O7S2. The van der Waals surface area contributed by atoms with Gasteiger partial charge in [-0.3, -0.25) is 14.7 Å². The third-order valence-corrected chi connectivity index (χ3v) is 5.68. The number of piperidine rings is 1. The zero-order valence-corrected chi connectivity index (χ0v) is 15.1. The van der Waals surface area contributed by atoms with E-state index < -0.39 is 55.2 Å². The summed E-state index contributed by atoms with van der Waals surface area (Å²) in [7, 11) is -9.19. The first kappa shape index (κ1) is 19.4. The van der Waals surface area contributed by atoms with Crippen molar-refractivity contribution in [1.82, 2.24) is 19.7 Å². The number of aromatic nitrogens is 1. The number of hydroxylamine groups is 2. The number of amides is 2. The van der Waals surface area contributed by atoms with Crippen LogP contribution in [0.5, 0.6) is 0 Å². The Morgan fingerprint density at radius 1 is 1.33 bits per heavy atom. The maximum absolute atomic E-state index is 12.9. The van der Waals surface area contributed by atoms with E-state index in [0.29, 0.717) is 11.3 Å². The minimum absolute atomic E-state index is 0.0159. The van der Waals surface area contributed by atoms with E-state index in [1.54, 1.807) is 0 Å². The molecule has 0 unspecified atom stereocenters. The predicted molar refractivity (Wildman–Crippen MR) is 85.6 cm³/mol. The molecule has 2 aliphatic rings. The summed E-state index contributed by atoms with van der Waals surface area (Å²) in [4.78, 5) is 16.8. The first-order chi connectivity index (χ1) is 12.5. The van der Waals surface area contributed by atoms with E-state index in [1.165, 1.54) is 0 Å². The van der Waals surface area contributed by atoms with Crippen molar-refractivity contribution >= 4 is 32.3 Å². The first-order valence-corrected chi connectivity index (χ1v) is 10.3. The van der Waals surface area contributed by atoms with Crippen molar-refractivity contribution in [2.75, 3.05) is 6.54 Å². The average Bonchev–Trinajstić information content (AvgIpc) is 2.78. The SMILES string of the molecule is N=C(NS(=O)(=O)c1ccc(F)cn1)[C@@H]1CC[C@@H]2CN1C(=O)N2OS(=O)(=O)O. The van der Waals surface area contributed by atoms with Crippen LogP contribution in [-0.2, 0) is 24.7 Å². The van der Waals surface area contributed by atoms with Gasteiger partial charge in [-0.1, -0.05) is 0 Å². The summed E-state index contributed by atoms with van der Waals surface area (Å²) in [5, 5.41) is 7.98. The molecule has 15 heteroatoms. The van der Waals surface area contributed by atoms with Gasteiger partial charge in [-0.05, 0) is 25.0 Å². The molecule has 0 saturated carbocycles. The van der Waals surface area contributed by atoms with Crippen LogP contribution < -0.4 is 4.72 Å². The molecule has 0 radical (unpaired) electrons. The second kappa shape index (κ2) is 6.66. The highest BCUT2D eigenvalue weighted by atomic mass is 32.3. The van der Waals surface area contributed by atoms with Crippen molar-refractivity contribution in [3.63, 3.8) is 0 Å². The molecular weight excluding hydrogens is 409 g/mol. The molecule has 3 heterocycles. The van der Waals surface area contributed by atoms with Gasteiger partial charge in [0.2, 0.25) is 0 Å². The van der Waals surface area contributed by atoms with Gasteiger partial charge in [0.1, 0.15) is 11.7 Å². The van der Waals surface area contributed by atoms with Crippen molar-refractivity contribution in [1.29, 1.82) is 5.41 Å². The van der Waals surface area contributed by atoms with Crippen LogP contribution in [0.15, 0.2) is 23.4 Å². The maximum Gasteiger partial charge on any atom is 0.418 e. The van der Waals surface area contributed by atoms with Crippen molar-refractivity contribution in [2.45, 2.75) is 30.0 Å². The number of amidine groups is 1. The van der Waals surface area contributed by atoms with Gasteiger partial charge < -0.3 is 4.90 Å². The highest BCUT2D eigenvalue weighted by Crippen LogP contribution is 2.31. The lowest BCUT2D eigenvalue weighted by Gasteiger charge is -2.30. The van der Waals surface area contributed by atoms with Crippen molar-refractivity contribution in [3.05, 3.63) is 24.1 Å². The Hall–Kier alpha value is -2.36. The number of hydrogen-bond donors (Lipinski definition) is 3. The maximum atomic E-state index is 12.9. The van der Waals surface area contributed by atoms with E-state index in [9.17, 15) is 26.0 Å². The number of carbonyl (C=O) groups is 1. The Morgan fingerprint density at radius 2 is 2.04 bits per heavy atom. The van der Waals surface area contributed by atoms with E-state index in [1.807, 2.05) is 4.72 Å². The van der Waals surface area contributed by atoms with Crippen LogP contribution >= 0.6 is 0 Å². The summed E-state index contributed by atoms with van der Waals surface area (Å²) >= 11 is 0. The number of nitrogens with one attached hydrogen (secondary N) is 2. The molecule has 2 aliphatic heterocycles. The number of fused-ring (bicyclic) bond motifs is 2. The molecule has 3 N–H and O–H groups in total. The Morgan fingerprint density at radius 3 is 2.63 bits per heavy atom. The van der Waals surface area contributed by atoms with E-state index in [4.69, 9.17) is 9.96 Å². The summed E-state index contributed by atoms with van der Waals surface area (Å²) in [6.07, 6.45) is 1.07. The van der Waals surface area contributed by atoms with Gasteiger partial charge in [-0.15, -0.1) is 4.28 Å². The number of rotatable bonds is 5. The van der Waals surface area contributed by atoms with Crippen molar-refractivity contribution in [2.24, 2.45) is 0 Å². The lowest BCUT2D eigenvalue weighted by atomic mass is 10.0. The second-order valence-corrected chi connectivity index (χ2v) is 8.48. The fraction of sp³-hybridized carbons (Fsp3) is 0.417. The van der Waals surface area contributed by atoms with Gasteiger partial charge in [0.15, 0.2) is 5.03 Å². The fourth-order valence-corrected chi connectivity index (χ4v) is 4.28. The Bertz CT molecular complexity index is 982. The molecule has 12 nitrogen and oxygen atoms in total. The van der Waals surface area contributed by atoms with Crippen LogP contribution in [0.3, 0.4) is 0 Å². The first-order valence-electron chi connectivity index (χ1n) is 7.47. The van der Waals surface area contributed by atoms with Crippen LogP contribution in [0.4, 0.5) is 9.18 Å². The minimum Gasteiger partial charge on any atom is -0.310 e. The molecule has 3 rings (SSSR count). The van der Waals surface area contributed by atoms with Gasteiger partial charge in [-0.25, -0.2) is 14.2 Å². The Balaban J connectivity index is 1.75. The number of hydrogen-bond acceptors (Lipinski definition) is 8. The number of pyridine rings is 1. The minimum atomic E-state index is -4.91. The molecule has 2 atom stereocenters. The number of nitrogens with zero attached hydrogens (tertiary/aromatic N) is 3. The quantitative estimate of drug-likeness (QED) is 0.323. The van der Waals surface area contributed by atoms with Crippen LogP contribution in [-0.4, -0.2) is 66.8 Å². The summed E-state index contributed by atoms with van der Waals surface area (Å²) in [5.74, 6) is -1.27. The Kier molecular flexibility index (Phi) is 4.79. The van der Waals surface area contributed by atoms with Crippen molar-refractivity contribution < 1.29 is 34.9 Å². The fourth-order valence-electron chi connectivity index (χ4n) is 2.92. The van der Waals surface area contributed by atoms with Crippen LogP contribution in [0.25, 0.3) is 0 Å². The second-order valence-electron chi connectivity index (χ2n) is 5.84. The zero-order chi connectivity index (χ0) is 20.0. The standard InChI is InChI=1S/C12H14FN5O7S2/c13-7-1-4-10(15-5-7)26(20,21)16-11(14)9-3-2-8-6-17(9)12(19)18(8)25-27(22,23)24/h1,4-5,8-9H,2-3,6H2,(H2,14,16)(H,22,23,24)/t8-,9+/m1/s1. The predicted octanol–water partition coefficient (Wildman–Crippen LogP) is -0.521. The third kappa shape index (κ3) is 4.00. The molecule has 0 spiro atoms. The smallest absolute Gasteiger partial charge is 0.310 e. The third-order valence-electron chi connectivity index (χ3n) is 4.05. The molecule has 0 aromatic carbocycles. The molecule has 2 fully saturated rings. The molecule has 148 valence electrons. The highest BCUT2D eigenvalue weighted by molar-refractivity contribution is 7.90. The van der Waals surface area contributed by atoms with Gasteiger partial charge in [-0.2, -0.15) is 21.9 Å². The van der Waals surface area contributed by atoms with Gasteiger partial charge in [0.25, 0.3) is 10.0 Å². The molecule has 27 heavy (non-hydrogen) atoms. The molecule has 1 aromatic rings. The van der Waals surface area contributed by atoms with E-state index in [0.717, 1.165) is 17.0 Å². The lowest BCUT2D eigenvalue weighted by molar-refractivity contribution is -0.0316. The molecule has 1 aromatic heterocycles. The van der Waals surface area contributed by atoms with Crippen LogP contribution in [0, 0.1) is 11.2 Å². The highest BCUT2D eigenvalue weighted by Gasteiger charge is 2.48. The molecule has 2 amide bonds. The largest absolute Gasteiger partial charge is 0.418 e.